The van der Waals surface area contributed by atoms with Gasteiger partial charge in [0.25, 0.3) is 11.6 Å². The van der Waals surface area contributed by atoms with Crippen LogP contribution in [0.3, 0.4) is 0 Å². The van der Waals surface area contributed by atoms with Crippen LogP contribution in [0.15, 0.2) is 53.4 Å². The summed E-state index contributed by atoms with van der Waals surface area (Å²) < 4.78 is 29.8. The molecule has 0 unspecified atom stereocenters. The van der Waals surface area contributed by atoms with Gasteiger partial charge >= 0.3 is 10.1 Å². The van der Waals surface area contributed by atoms with Gasteiger partial charge in [0.1, 0.15) is 10.6 Å². The van der Waals surface area contributed by atoms with E-state index in [4.69, 9.17) is 4.18 Å². The van der Waals surface area contributed by atoms with Gasteiger partial charge in [-0.1, -0.05) is 25.8 Å². The van der Waals surface area contributed by atoms with Gasteiger partial charge in [0.15, 0.2) is 0 Å². The molecule has 0 aromatic heterocycles. The molecule has 1 amide bonds. The molecule has 8 nitrogen and oxygen atoms in total. The molecular formula is C20H22N2O6S. The monoisotopic (exact) mass is 418 g/mol. The number of carbonyl (C=O) groups excluding carboxylic acids is 1. The lowest BCUT2D eigenvalue weighted by atomic mass is 9.86. The van der Waals surface area contributed by atoms with E-state index in [1.165, 1.54) is 48.9 Å². The number of carbonyl (C=O) groups is 1. The summed E-state index contributed by atoms with van der Waals surface area (Å²) in [4.78, 5) is 22.3. The number of nitro benzene ring substituents is 1. The van der Waals surface area contributed by atoms with Gasteiger partial charge in [0.05, 0.1) is 4.92 Å². The van der Waals surface area contributed by atoms with E-state index >= 15 is 0 Å². The molecule has 1 N–H and O–H groups in total. The zero-order valence-corrected chi connectivity index (χ0v) is 16.7. The smallest absolute Gasteiger partial charge is 0.339 e. The Bertz CT molecular complexity index is 1000. The van der Waals surface area contributed by atoms with Crippen molar-refractivity contribution in [3.63, 3.8) is 0 Å². The van der Waals surface area contributed by atoms with Crippen molar-refractivity contribution in [3.8, 4) is 5.75 Å². The lowest BCUT2D eigenvalue weighted by molar-refractivity contribution is -0.385. The largest absolute Gasteiger partial charge is 0.379 e. The van der Waals surface area contributed by atoms with Gasteiger partial charge in [-0.2, -0.15) is 8.42 Å². The fraction of sp³-hybridized carbons (Fsp3) is 0.350. The van der Waals surface area contributed by atoms with Crippen molar-refractivity contribution < 1.29 is 22.3 Å². The summed E-state index contributed by atoms with van der Waals surface area (Å²) in [6.07, 6.45) is 4.32. The molecule has 0 saturated heterocycles. The Labute approximate surface area is 169 Å². The maximum Gasteiger partial charge on any atom is 0.339 e. The van der Waals surface area contributed by atoms with Crippen molar-refractivity contribution in [2.75, 3.05) is 0 Å². The van der Waals surface area contributed by atoms with Crippen LogP contribution < -0.4 is 9.50 Å². The van der Waals surface area contributed by atoms with E-state index in [2.05, 4.69) is 12.2 Å². The Morgan fingerprint density at radius 1 is 1.14 bits per heavy atom. The maximum absolute atomic E-state index is 12.4. The first-order valence-electron chi connectivity index (χ1n) is 9.36. The standard InChI is InChI=1S/C20H22N2O6S/c1-14-5-2-3-8-19(14)21-20(23)15-9-11-17(12-10-15)28-29(26,27)18-7-4-6-16(13-18)22(24)25/h4,6-7,9-14,19H,2-3,5,8H2,1H3,(H,21,23)/t14-,19+/m1/s1. The Balaban J connectivity index is 1.69. The molecule has 0 aliphatic heterocycles. The van der Waals surface area contributed by atoms with Crippen LogP contribution in [0.1, 0.15) is 43.0 Å². The highest BCUT2D eigenvalue weighted by Crippen LogP contribution is 2.25. The molecular weight excluding hydrogens is 396 g/mol. The molecule has 2 aromatic carbocycles. The van der Waals surface area contributed by atoms with Gasteiger partial charge in [-0.3, -0.25) is 14.9 Å². The number of hydrogen-bond acceptors (Lipinski definition) is 6. The van der Waals surface area contributed by atoms with Crippen molar-refractivity contribution >= 4 is 21.7 Å². The summed E-state index contributed by atoms with van der Waals surface area (Å²) in [5.41, 5.74) is 0.0569. The SMILES string of the molecule is C[C@@H]1CCCC[C@@H]1NC(=O)c1ccc(OS(=O)(=O)c2cccc([N+](=O)[O-])c2)cc1. The number of nitro groups is 1. The van der Waals surface area contributed by atoms with Crippen molar-refractivity contribution in [2.45, 2.75) is 43.5 Å². The summed E-state index contributed by atoms with van der Waals surface area (Å²) in [6.45, 7) is 2.12. The molecule has 3 rings (SSSR count). The maximum atomic E-state index is 12.4. The van der Waals surface area contributed by atoms with E-state index in [1.54, 1.807) is 0 Å². The first-order valence-corrected chi connectivity index (χ1v) is 10.8. The quantitative estimate of drug-likeness (QED) is 0.435. The van der Waals surface area contributed by atoms with Crippen LogP contribution in [-0.2, 0) is 10.1 Å². The number of amides is 1. The third-order valence-corrected chi connectivity index (χ3v) is 6.31. The second kappa shape index (κ2) is 8.60. The van der Waals surface area contributed by atoms with Crippen LogP contribution in [0.5, 0.6) is 5.75 Å². The number of benzene rings is 2. The number of hydrogen-bond donors (Lipinski definition) is 1. The highest BCUT2D eigenvalue weighted by Gasteiger charge is 2.24. The molecule has 2 aromatic rings. The number of nitrogens with zero attached hydrogens (tertiary/aromatic N) is 1. The summed E-state index contributed by atoms with van der Waals surface area (Å²) in [5, 5.41) is 13.9. The fourth-order valence-electron chi connectivity index (χ4n) is 3.37. The fourth-order valence-corrected chi connectivity index (χ4v) is 4.34. The van der Waals surface area contributed by atoms with E-state index in [1.807, 2.05) is 0 Å². The Kier molecular flexibility index (Phi) is 6.17. The summed E-state index contributed by atoms with van der Waals surface area (Å²) in [7, 11) is -4.24. The number of rotatable bonds is 6. The lowest BCUT2D eigenvalue weighted by Crippen LogP contribution is -2.41. The average molecular weight is 418 g/mol. The van der Waals surface area contributed by atoms with Gasteiger partial charge < -0.3 is 9.50 Å². The van der Waals surface area contributed by atoms with E-state index in [9.17, 15) is 23.3 Å². The third kappa shape index (κ3) is 5.11. The minimum absolute atomic E-state index is 0.0130. The highest BCUT2D eigenvalue weighted by molar-refractivity contribution is 7.87. The van der Waals surface area contributed by atoms with E-state index < -0.39 is 15.0 Å². The second-order valence-electron chi connectivity index (χ2n) is 7.16. The number of nitrogens with one attached hydrogen (secondary N) is 1. The van der Waals surface area contributed by atoms with Crippen LogP contribution in [0.4, 0.5) is 5.69 Å². The molecule has 1 aliphatic carbocycles. The van der Waals surface area contributed by atoms with Crippen LogP contribution in [0.2, 0.25) is 0 Å². The minimum Gasteiger partial charge on any atom is -0.379 e. The van der Waals surface area contributed by atoms with E-state index in [0.29, 0.717) is 11.5 Å². The Morgan fingerprint density at radius 2 is 1.83 bits per heavy atom. The Hall–Kier alpha value is -2.94. The molecule has 29 heavy (non-hydrogen) atoms. The predicted molar refractivity (Wildman–Crippen MR) is 106 cm³/mol. The summed E-state index contributed by atoms with van der Waals surface area (Å²) >= 11 is 0. The highest BCUT2D eigenvalue weighted by atomic mass is 32.2. The van der Waals surface area contributed by atoms with Gasteiger partial charge in [0.2, 0.25) is 0 Å². The van der Waals surface area contributed by atoms with Crippen LogP contribution in [-0.4, -0.2) is 25.3 Å². The molecule has 0 radical (unpaired) electrons. The molecule has 9 heteroatoms. The molecule has 1 aliphatic rings. The molecule has 2 atom stereocenters. The summed E-state index contributed by atoms with van der Waals surface area (Å²) in [5.74, 6) is 0.228. The lowest BCUT2D eigenvalue weighted by Gasteiger charge is -2.29. The predicted octanol–water partition coefficient (Wildman–Crippen LogP) is 3.67. The zero-order chi connectivity index (χ0) is 21.0. The van der Waals surface area contributed by atoms with Crippen LogP contribution >= 0.6 is 0 Å². The molecule has 1 fully saturated rings. The number of non-ortho nitro benzene ring substituents is 1. The van der Waals surface area contributed by atoms with Gasteiger partial charge in [0, 0.05) is 23.7 Å². The third-order valence-electron chi connectivity index (χ3n) is 5.07. The normalized spacial score (nSPS) is 19.3. The van der Waals surface area contributed by atoms with Gasteiger partial charge in [-0.15, -0.1) is 0 Å². The van der Waals surface area contributed by atoms with Crippen molar-refractivity contribution in [3.05, 3.63) is 64.2 Å². The first-order chi connectivity index (χ1) is 13.8. The molecule has 0 spiro atoms. The zero-order valence-electron chi connectivity index (χ0n) is 15.9. The van der Waals surface area contributed by atoms with Crippen LogP contribution in [0, 0.1) is 16.0 Å². The van der Waals surface area contributed by atoms with Crippen molar-refractivity contribution in [2.24, 2.45) is 5.92 Å². The molecule has 1 saturated carbocycles. The molecule has 154 valence electrons. The second-order valence-corrected chi connectivity index (χ2v) is 8.70. The molecule has 0 heterocycles. The Morgan fingerprint density at radius 3 is 2.48 bits per heavy atom. The minimum atomic E-state index is -4.24. The average Bonchev–Trinajstić information content (AvgIpc) is 2.70. The van der Waals surface area contributed by atoms with E-state index in [0.717, 1.165) is 25.3 Å². The topological polar surface area (TPSA) is 116 Å². The van der Waals surface area contributed by atoms with Gasteiger partial charge in [-0.25, -0.2) is 0 Å². The van der Waals surface area contributed by atoms with Gasteiger partial charge in [-0.05, 0) is 49.1 Å². The van der Waals surface area contributed by atoms with E-state index in [-0.39, 0.29) is 28.3 Å². The van der Waals surface area contributed by atoms with Crippen LogP contribution in [0.25, 0.3) is 0 Å². The summed E-state index contributed by atoms with van der Waals surface area (Å²) in [6, 6.07) is 10.5. The van der Waals surface area contributed by atoms with Crippen molar-refractivity contribution in [1.82, 2.24) is 5.32 Å². The molecule has 0 bridgehead atoms. The van der Waals surface area contributed by atoms with Crippen molar-refractivity contribution in [1.29, 1.82) is 0 Å². The first kappa shape index (κ1) is 20.8.